The molecule has 0 spiro atoms. The summed E-state index contributed by atoms with van der Waals surface area (Å²) in [4.78, 5) is 20.7. The summed E-state index contributed by atoms with van der Waals surface area (Å²) < 4.78 is 47.7. The fraction of sp³-hybridized carbons (Fsp3) is 0.389. The molecular formula is C18H19F3N4O3. The highest BCUT2D eigenvalue weighted by atomic mass is 19.4. The van der Waals surface area contributed by atoms with Crippen LogP contribution in [0.2, 0.25) is 0 Å². The fourth-order valence-electron chi connectivity index (χ4n) is 2.61. The van der Waals surface area contributed by atoms with Crippen molar-refractivity contribution in [3.63, 3.8) is 0 Å². The zero-order chi connectivity index (χ0) is 20.3. The van der Waals surface area contributed by atoms with Gasteiger partial charge in [0.1, 0.15) is 18.4 Å². The number of benzene rings is 1. The summed E-state index contributed by atoms with van der Waals surface area (Å²) in [5, 5.41) is 4.79. The van der Waals surface area contributed by atoms with Gasteiger partial charge in [0.2, 0.25) is 12.7 Å². The zero-order valence-electron chi connectivity index (χ0n) is 15.2. The van der Waals surface area contributed by atoms with Crippen LogP contribution in [0.4, 0.5) is 19.0 Å². The Morgan fingerprint density at radius 1 is 1.21 bits per heavy atom. The van der Waals surface area contributed by atoms with E-state index < -0.39 is 24.7 Å². The van der Waals surface area contributed by atoms with E-state index in [-0.39, 0.29) is 12.7 Å². The molecular weight excluding hydrogens is 377 g/mol. The number of ether oxygens (including phenoxy) is 2. The quantitative estimate of drug-likeness (QED) is 0.781. The van der Waals surface area contributed by atoms with E-state index in [1.54, 1.807) is 38.1 Å². The lowest BCUT2D eigenvalue weighted by molar-refractivity contribution is -0.139. The molecule has 10 heteroatoms. The van der Waals surface area contributed by atoms with Crippen molar-refractivity contribution in [2.75, 3.05) is 18.7 Å². The number of anilines is 1. The molecule has 150 valence electrons. The van der Waals surface area contributed by atoms with Gasteiger partial charge < -0.3 is 20.1 Å². The first-order chi connectivity index (χ1) is 13.2. The van der Waals surface area contributed by atoms with Crippen molar-refractivity contribution in [3.05, 3.63) is 30.5 Å². The summed E-state index contributed by atoms with van der Waals surface area (Å²) in [6, 6.07) is 5.90. The van der Waals surface area contributed by atoms with Gasteiger partial charge in [0, 0.05) is 11.8 Å². The third-order valence-corrected chi connectivity index (χ3v) is 4.00. The molecule has 0 bridgehead atoms. The zero-order valence-corrected chi connectivity index (χ0v) is 15.2. The summed E-state index contributed by atoms with van der Waals surface area (Å²) in [6.07, 6.45) is -2.97. The Bertz CT molecular complexity index is 858. The Hall–Kier alpha value is -3.04. The molecule has 1 aromatic heterocycles. The van der Waals surface area contributed by atoms with Gasteiger partial charge in [-0.1, -0.05) is 13.8 Å². The topological polar surface area (TPSA) is 85.4 Å². The van der Waals surface area contributed by atoms with Crippen molar-refractivity contribution < 1.29 is 27.4 Å². The van der Waals surface area contributed by atoms with E-state index in [0.29, 0.717) is 28.7 Å². The maximum absolute atomic E-state index is 12.4. The van der Waals surface area contributed by atoms with E-state index in [9.17, 15) is 18.0 Å². The third kappa shape index (κ3) is 4.81. The lowest BCUT2D eigenvalue weighted by Gasteiger charge is -2.22. The molecule has 0 saturated heterocycles. The second-order valence-corrected chi connectivity index (χ2v) is 6.53. The number of nitrogens with one attached hydrogen (secondary N) is 2. The summed E-state index contributed by atoms with van der Waals surface area (Å²) in [7, 11) is 0. The first-order valence-electron chi connectivity index (χ1n) is 8.57. The van der Waals surface area contributed by atoms with Gasteiger partial charge in [0.25, 0.3) is 0 Å². The molecule has 2 N–H and O–H groups in total. The minimum atomic E-state index is -4.47. The Morgan fingerprint density at radius 2 is 1.96 bits per heavy atom. The maximum atomic E-state index is 12.4. The summed E-state index contributed by atoms with van der Waals surface area (Å²) in [5.74, 6) is 0.878. The van der Waals surface area contributed by atoms with E-state index in [1.165, 1.54) is 6.20 Å². The second kappa shape index (κ2) is 7.91. The average Bonchev–Trinajstić information content (AvgIpc) is 3.11. The number of carbonyl (C=O) groups excluding carboxylic acids is 1. The number of carbonyl (C=O) groups is 1. The average molecular weight is 396 g/mol. The van der Waals surface area contributed by atoms with Crippen molar-refractivity contribution in [1.82, 2.24) is 15.3 Å². The molecule has 1 aliphatic rings. The summed E-state index contributed by atoms with van der Waals surface area (Å²) in [5.41, 5.74) is 0.676. The van der Waals surface area contributed by atoms with Crippen molar-refractivity contribution in [3.8, 4) is 22.9 Å². The molecule has 0 saturated carbocycles. The third-order valence-electron chi connectivity index (χ3n) is 4.00. The molecule has 0 radical (unpaired) electrons. The number of amides is 1. The van der Waals surface area contributed by atoms with E-state index in [4.69, 9.17) is 9.47 Å². The Balaban J connectivity index is 1.76. The van der Waals surface area contributed by atoms with E-state index in [1.807, 2.05) is 5.32 Å². The SMILES string of the molecule is CC(C)[C@@H](Nc1ccnc(-c2ccc3c(c2)OCO3)n1)C(=O)NCC(F)(F)F. The molecule has 28 heavy (non-hydrogen) atoms. The molecule has 3 rings (SSSR count). The van der Waals surface area contributed by atoms with Crippen LogP contribution in [-0.4, -0.2) is 41.4 Å². The van der Waals surface area contributed by atoms with Gasteiger partial charge >= 0.3 is 6.18 Å². The number of nitrogens with zero attached hydrogens (tertiary/aromatic N) is 2. The highest BCUT2D eigenvalue weighted by Gasteiger charge is 2.30. The first kappa shape index (κ1) is 19.7. The van der Waals surface area contributed by atoms with E-state index >= 15 is 0 Å². The largest absolute Gasteiger partial charge is 0.454 e. The lowest BCUT2D eigenvalue weighted by atomic mass is 10.0. The number of hydrogen-bond donors (Lipinski definition) is 2. The molecule has 1 amide bonds. The van der Waals surface area contributed by atoms with E-state index in [2.05, 4.69) is 15.3 Å². The van der Waals surface area contributed by atoms with Gasteiger partial charge in [-0.15, -0.1) is 0 Å². The van der Waals surface area contributed by atoms with Gasteiger partial charge in [0.05, 0.1) is 0 Å². The van der Waals surface area contributed by atoms with Crippen LogP contribution in [0.25, 0.3) is 11.4 Å². The van der Waals surface area contributed by atoms with Gasteiger partial charge in [0.15, 0.2) is 17.3 Å². The normalized spacial score (nSPS) is 14.1. The van der Waals surface area contributed by atoms with Gasteiger partial charge in [-0.25, -0.2) is 9.97 Å². The highest BCUT2D eigenvalue weighted by molar-refractivity contribution is 5.84. The molecule has 1 aliphatic heterocycles. The Kier molecular flexibility index (Phi) is 5.57. The van der Waals surface area contributed by atoms with Crippen molar-refractivity contribution in [2.45, 2.75) is 26.1 Å². The molecule has 0 unspecified atom stereocenters. The molecule has 2 aromatic rings. The van der Waals surface area contributed by atoms with Crippen LogP contribution in [0.15, 0.2) is 30.5 Å². The number of hydrogen-bond acceptors (Lipinski definition) is 6. The second-order valence-electron chi connectivity index (χ2n) is 6.53. The Labute approximate surface area is 159 Å². The molecule has 1 aromatic carbocycles. The molecule has 0 aliphatic carbocycles. The molecule has 2 heterocycles. The van der Waals surface area contributed by atoms with Crippen LogP contribution in [0.1, 0.15) is 13.8 Å². The van der Waals surface area contributed by atoms with Crippen molar-refractivity contribution in [2.24, 2.45) is 5.92 Å². The number of fused-ring (bicyclic) bond motifs is 1. The molecule has 7 nitrogen and oxygen atoms in total. The van der Waals surface area contributed by atoms with Crippen LogP contribution in [0, 0.1) is 5.92 Å². The summed E-state index contributed by atoms with van der Waals surface area (Å²) >= 11 is 0. The predicted octanol–water partition coefficient (Wildman–Crippen LogP) is 2.99. The van der Waals surface area contributed by atoms with Crippen LogP contribution >= 0.6 is 0 Å². The summed E-state index contributed by atoms with van der Waals surface area (Å²) in [6.45, 7) is 2.21. The first-order valence-corrected chi connectivity index (χ1v) is 8.57. The number of halogens is 3. The van der Waals surface area contributed by atoms with Crippen LogP contribution in [-0.2, 0) is 4.79 Å². The molecule has 0 fully saturated rings. The lowest BCUT2D eigenvalue weighted by Crippen LogP contribution is -2.46. The predicted molar refractivity (Wildman–Crippen MR) is 94.9 cm³/mol. The minimum absolute atomic E-state index is 0.143. The number of aromatic nitrogens is 2. The van der Waals surface area contributed by atoms with Gasteiger partial charge in [-0.3, -0.25) is 4.79 Å². The standard InChI is InChI=1S/C18H19F3N4O3/c1-10(2)15(17(26)23-8-18(19,20)21)24-14-5-6-22-16(25-14)11-3-4-12-13(7-11)28-9-27-12/h3-7,10,15H,8-9H2,1-2H3,(H,23,26)(H,22,24,25)/t15-/m1/s1. The smallest absolute Gasteiger partial charge is 0.405 e. The minimum Gasteiger partial charge on any atom is -0.454 e. The fourth-order valence-corrected chi connectivity index (χ4v) is 2.61. The van der Waals surface area contributed by atoms with Crippen LogP contribution in [0.5, 0.6) is 11.5 Å². The Morgan fingerprint density at radius 3 is 2.68 bits per heavy atom. The monoisotopic (exact) mass is 396 g/mol. The van der Waals surface area contributed by atoms with E-state index in [0.717, 1.165) is 0 Å². The van der Waals surface area contributed by atoms with Gasteiger partial charge in [-0.05, 0) is 30.2 Å². The molecule has 1 atom stereocenters. The van der Waals surface area contributed by atoms with Crippen molar-refractivity contribution >= 4 is 11.7 Å². The van der Waals surface area contributed by atoms with Crippen LogP contribution in [0.3, 0.4) is 0 Å². The highest BCUT2D eigenvalue weighted by Crippen LogP contribution is 2.35. The number of alkyl halides is 3. The number of rotatable bonds is 6. The van der Waals surface area contributed by atoms with Crippen molar-refractivity contribution in [1.29, 1.82) is 0 Å². The maximum Gasteiger partial charge on any atom is 0.405 e. The van der Waals surface area contributed by atoms with Gasteiger partial charge in [-0.2, -0.15) is 13.2 Å². The van der Waals surface area contributed by atoms with Crippen LogP contribution < -0.4 is 20.1 Å².